The number of hydrogen-bond acceptors (Lipinski definition) is 1. The Kier molecular flexibility index (Phi) is 10.0. The summed E-state index contributed by atoms with van der Waals surface area (Å²) in [6.07, 6.45) is 9.86. The Balaban J connectivity index is 0.000000671. The van der Waals surface area contributed by atoms with Gasteiger partial charge in [-0.25, -0.2) is 0 Å². The SMILES string of the molecule is CC.CCCCNC1CCCCC1. The summed E-state index contributed by atoms with van der Waals surface area (Å²) < 4.78 is 0. The molecule has 0 aromatic heterocycles. The van der Waals surface area contributed by atoms with Crippen LogP contribution in [0.1, 0.15) is 65.7 Å². The maximum absolute atomic E-state index is 3.62. The third kappa shape index (κ3) is 7.06. The maximum atomic E-state index is 3.62. The molecule has 0 aliphatic heterocycles. The van der Waals surface area contributed by atoms with Gasteiger partial charge < -0.3 is 5.32 Å². The van der Waals surface area contributed by atoms with Gasteiger partial charge in [-0.3, -0.25) is 0 Å². The lowest BCUT2D eigenvalue weighted by Gasteiger charge is -2.22. The van der Waals surface area contributed by atoms with Crippen LogP contribution in [0.2, 0.25) is 0 Å². The smallest absolute Gasteiger partial charge is 0.00670 e. The van der Waals surface area contributed by atoms with Crippen LogP contribution < -0.4 is 5.32 Å². The molecule has 0 heterocycles. The Hall–Kier alpha value is -0.0400. The Morgan fingerprint density at radius 1 is 1.08 bits per heavy atom. The van der Waals surface area contributed by atoms with Crippen LogP contribution in [0.15, 0.2) is 0 Å². The minimum Gasteiger partial charge on any atom is -0.314 e. The highest BCUT2D eigenvalue weighted by Gasteiger charge is 2.11. The fourth-order valence-electron chi connectivity index (χ4n) is 1.79. The summed E-state index contributed by atoms with van der Waals surface area (Å²) in [6, 6.07) is 0.857. The topological polar surface area (TPSA) is 12.0 Å². The number of rotatable bonds is 4. The summed E-state index contributed by atoms with van der Waals surface area (Å²) in [5, 5.41) is 3.62. The van der Waals surface area contributed by atoms with Gasteiger partial charge in [-0.1, -0.05) is 46.5 Å². The summed E-state index contributed by atoms with van der Waals surface area (Å²) in [5.74, 6) is 0. The molecule has 80 valence electrons. The minimum atomic E-state index is 0.857. The highest BCUT2D eigenvalue weighted by molar-refractivity contribution is 4.71. The molecule has 13 heavy (non-hydrogen) atoms. The third-order valence-electron chi connectivity index (χ3n) is 2.57. The van der Waals surface area contributed by atoms with Crippen LogP contribution in [-0.4, -0.2) is 12.6 Å². The molecule has 1 fully saturated rings. The van der Waals surface area contributed by atoms with Crippen molar-refractivity contribution >= 4 is 0 Å². The van der Waals surface area contributed by atoms with E-state index in [0.717, 1.165) is 6.04 Å². The molecular formula is C12H27N. The van der Waals surface area contributed by atoms with Crippen molar-refractivity contribution in [1.29, 1.82) is 0 Å². The van der Waals surface area contributed by atoms with Crippen LogP contribution in [0, 0.1) is 0 Å². The van der Waals surface area contributed by atoms with Gasteiger partial charge in [-0.05, 0) is 25.8 Å². The van der Waals surface area contributed by atoms with E-state index in [0.29, 0.717) is 0 Å². The molecule has 0 bridgehead atoms. The normalized spacial score (nSPS) is 17.8. The lowest BCUT2D eigenvalue weighted by Crippen LogP contribution is -2.31. The van der Waals surface area contributed by atoms with Gasteiger partial charge in [0.05, 0.1) is 0 Å². The van der Waals surface area contributed by atoms with E-state index in [1.807, 2.05) is 13.8 Å². The Morgan fingerprint density at radius 3 is 2.23 bits per heavy atom. The molecule has 1 rings (SSSR count). The van der Waals surface area contributed by atoms with Crippen LogP contribution in [0.5, 0.6) is 0 Å². The molecule has 1 N–H and O–H groups in total. The van der Waals surface area contributed by atoms with Crippen LogP contribution in [0.25, 0.3) is 0 Å². The first-order chi connectivity index (χ1) is 6.43. The zero-order valence-electron chi connectivity index (χ0n) is 9.73. The molecule has 0 aromatic carbocycles. The average molecular weight is 185 g/mol. The molecule has 0 amide bonds. The van der Waals surface area contributed by atoms with Gasteiger partial charge in [0.2, 0.25) is 0 Å². The Bertz CT molecular complexity index is 85.1. The van der Waals surface area contributed by atoms with Crippen LogP contribution in [-0.2, 0) is 0 Å². The maximum Gasteiger partial charge on any atom is 0.00670 e. The van der Waals surface area contributed by atoms with Gasteiger partial charge in [0, 0.05) is 6.04 Å². The van der Waals surface area contributed by atoms with Crippen molar-refractivity contribution in [2.24, 2.45) is 0 Å². The highest BCUT2D eigenvalue weighted by atomic mass is 14.9. The van der Waals surface area contributed by atoms with E-state index in [-0.39, 0.29) is 0 Å². The highest BCUT2D eigenvalue weighted by Crippen LogP contribution is 2.17. The first-order valence-electron chi connectivity index (χ1n) is 6.17. The van der Waals surface area contributed by atoms with E-state index in [1.54, 1.807) is 0 Å². The number of hydrogen-bond donors (Lipinski definition) is 1. The molecule has 1 saturated carbocycles. The molecule has 0 unspecified atom stereocenters. The molecule has 1 aliphatic rings. The summed E-state index contributed by atoms with van der Waals surface area (Å²) in [7, 11) is 0. The molecule has 1 aliphatic carbocycles. The fourth-order valence-corrected chi connectivity index (χ4v) is 1.79. The van der Waals surface area contributed by atoms with Crippen molar-refractivity contribution in [3.8, 4) is 0 Å². The minimum absolute atomic E-state index is 0.857. The van der Waals surface area contributed by atoms with Gasteiger partial charge in [0.1, 0.15) is 0 Å². The lowest BCUT2D eigenvalue weighted by atomic mass is 9.95. The van der Waals surface area contributed by atoms with E-state index in [1.165, 1.54) is 51.5 Å². The predicted molar refractivity (Wildman–Crippen MR) is 61.1 cm³/mol. The van der Waals surface area contributed by atoms with Gasteiger partial charge in [-0.2, -0.15) is 0 Å². The number of unbranched alkanes of at least 4 members (excludes halogenated alkanes) is 1. The van der Waals surface area contributed by atoms with Gasteiger partial charge in [0.25, 0.3) is 0 Å². The summed E-state index contributed by atoms with van der Waals surface area (Å²) in [4.78, 5) is 0. The second-order valence-corrected chi connectivity index (χ2v) is 3.64. The van der Waals surface area contributed by atoms with E-state index in [9.17, 15) is 0 Å². The zero-order valence-corrected chi connectivity index (χ0v) is 9.73. The van der Waals surface area contributed by atoms with Gasteiger partial charge in [-0.15, -0.1) is 0 Å². The quantitative estimate of drug-likeness (QED) is 0.658. The second kappa shape index (κ2) is 10.0. The predicted octanol–water partition coefficient (Wildman–Crippen LogP) is 3.74. The van der Waals surface area contributed by atoms with Crippen LogP contribution >= 0.6 is 0 Å². The van der Waals surface area contributed by atoms with Crippen molar-refractivity contribution in [1.82, 2.24) is 5.32 Å². The molecule has 1 nitrogen and oxygen atoms in total. The first kappa shape index (κ1) is 13.0. The Morgan fingerprint density at radius 2 is 1.69 bits per heavy atom. The molecule has 1 heteroatoms. The lowest BCUT2D eigenvalue weighted by molar-refractivity contribution is 0.372. The zero-order chi connectivity index (χ0) is 9.94. The fraction of sp³-hybridized carbons (Fsp3) is 1.00. The van der Waals surface area contributed by atoms with Crippen molar-refractivity contribution in [3.05, 3.63) is 0 Å². The van der Waals surface area contributed by atoms with Crippen LogP contribution in [0.3, 0.4) is 0 Å². The van der Waals surface area contributed by atoms with E-state index >= 15 is 0 Å². The van der Waals surface area contributed by atoms with Gasteiger partial charge >= 0.3 is 0 Å². The third-order valence-corrected chi connectivity index (χ3v) is 2.57. The Labute approximate surface area is 84.3 Å². The second-order valence-electron chi connectivity index (χ2n) is 3.64. The van der Waals surface area contributed by atoms with Crippen molar-refractivity contribution in [2.75, 3.05) is 6.54 Å². The van der Waals surface area contributed by atoms with Crippen molar-refractivity contribution < 1.29 is 0 Å². The molecule has 0 saturated heterocycles. The van der Waals surface area contributed by atoms with Gasteiger partial charge in [0.15, 0.2) is 0 Å². The average Bonchev–Trinajstić information content (AvgIpc) is 2.23. The molecular weight excluding hydrogens is 158 g/mol. The summed E-state index contributed by atoms with van der Waals surface area (Å²) >= 11 is 0. The molecule has 0 aromatic rings. The van der Waals surface area contributed by atoms with Crippen LogP contribution in [0.4, 0.5) is 0 Å². The van der Waals surface area contributed by atoms with E-state index < -0.39 is 0 Å². The molecule has 0 spiro atoms. The van der Waals surface area contributed by atoms with Crippen molar-refractivity contribution in [2.45, 2.75) is 71.8 Å². The standard InChI is InChI=1S/C10H21N.C2H6/c1-2-3-9-11-10-7-5-4-6-8-10;1-2/h10-11H,2-9H2,1H3;1-2H3. The first-order valence-corrected chi connectivity index (χ1v) is 6.17. The van der Waals surface area contributed by atoms with E-state index in [2.05, 4.69) is 12.2 Å². The summed E-state index contributed by atoms with van der Waals surface area (Å²) in [6.45, 7) is 7.49. The molecule has 0 radical (unpaired) electrons. The number of nitrogens with one attached hydrogen (secondary N) is 1. The van der Waals surface area contributed by atoms with E-state index in [4.69, 9.17) is 0 Å². The monoisotopic (exact) mass is 185 g/mol. The summed E-state index contributed by atoms with van der Waals surface area (Å²) in [5.41, 5.74) is 0. The largest absolute Gasteiger partial charge is 0.314 e. The molecule has 0 atom stereocenters. The van der Waals surface area contributed by atoms with Crippen molar-refractivity contribution in [3.63, 3.8) is 0 Å².